The number of sulfonamides is 1. The fourth-order valence-electron chi connectivity index (χ4n) is 5.42. The molecule has 0 spiro atoms. The maximum absolute atomic E-state index is 14.0. The molecule has 1 aliphatic rings. The number of amides is 2. The number of rotatable bonds is 13. The summed E-state index contributed by atoms with van der Waals surface area (Å²) in [4.78, 5) is 29.7. The highest BCUT2D eigenvalue weighted by Crippen LogP contribution is 2.25. The van der Waals surface area contributed by atoms with E-state index in [0.29, 0.717) is 22.0 Å². The molecule has 1 aliphatic carbocycles. The lowest BCUT2D eigenvalue weighted by atomic mass is 9.94. The molecule has 0 aliphatic heterocycles. The van der Waals surface area contributed by atoms with E-state index >= 15 is 0 Å². The summed E-state index contributed by atoms with van der Waals surface area (Å²) in [7, 11) is -2.18. The Balaban J connectivity index is 1.57. The maximum atomic E-state index is 14.0. The molecule has 0 radical (unpaired) electrons. The largest absolute Gasteiger partial charge is 0.352 e. The van der Waals surface area contributed by atoms with Crippen LogP contribution in [0.25, 0.3) is 0 Å². The van der Waals surface area contributed by atoms with Crippen molar-refractivity contribution in [3.63, 3.8) is 0 Å². The Hall–Kier alpha value is -2.91. The van der Waals surface area contributed by atoms with E-state index in [2.05, 4.69) is 5.32 Å². The summed E-state index contributed by atoms with van der Waals surface area (Å²) < 4.78 is 27.2. The molecule has 0 bridgehead atoms. The zero-order valence-corrected chi connectivity index (χ0v) is 26.8. The Morgan fingerprint density at radius 1 is 0.930 bits per heavy atom. The van der Waals surface area contributed by atoms with E-state index in [1.807, 2.05) is 30.3 Å². The van der Waals surface area contributed by atoms with Crippen LogP contribution in [0.1, 0.15) is 56.1 Å². The quantitative estimate of drug-likeness (QED) is 0.231. The van der Waals surface area contributed by atoms with Gasteiger partial charge in [-0.05, 0) is 54.7 Å². The van der Waals surface area contributed by atoms with Crippen molar-refractivity contribution in [1.82, 2.24) is 14.5 Å². The highest BCUT2D eigenvalue weighted by atomic mass is 35.5. The summed E-state index contributed by atoms with van der Waals surface area (Å²) in [6.45, 7) is 0.263. The molecular formula is C33H39Cl2N3O4S. The van der Waals surface area contributed by atoms with Crippen LogP contribution in [0.3, 0.4) is 0 Å². The van der Waals surface area contributed by atoms with Gasteiger partial charge in [-0.1, -0.05) is 97.1 Å². The normalized spacial score (nSPS) is 14.8. The second-order valence-electron chi connectivity index (χ2n) is 11.0. The molecule has 3 aromatic carbocycles. The first-order valence-corrected chi connectivity index (χ1v) is 16.9. The van der Waals surface area contributed by atoms with E-state index in [-0.39, 0.29) is 48.7 Å². The van der Waals surface area contributed by atoms with Crippen LogP contribution in [-0.2, 0) is 32.6 Å². The molecular weight excluding hydrogens is 605 g/mol. The number of nitrogens with zero attached hydrogens (tertiary/aromatic N) is 2. The van der Waals surface area contributed by atoms with Gasteiger partial charge in [-0.2, -0.15) is 0 Å². The van der Waals surface area contributed by atoms with Crippen LogP contribution in [-0.4, -0.2) is 55.1 Å². The minimum Gasteiger partial charge on any atom is -0.352 e. The fraction of sp³-hybridized carbons (Fsp3) is 0.394. The SMILES string of the molecule is CN(CCCC(=O)N(Cc1ccc(Cl)cc1Cl)[C@H](Cc1ccccc1)C(=O)NC1CCCCC1)S(=O)(=O)c1ccccc1. The predicted molar refractivity (Wildman–Crippen MR) is 171 cm³/mol. The average molecular weight is 645 g/mol. The van der Waals surface area contributed by atoms with E-state index in [1.54, 1.807) is 53.4 Å². The van der Waals surface area contributed by atoms with Gasteiger partial charge in [-0.25, -0.2) is 12.7 Å². The third kappa shape index (κ3) is 9.29. The smallest absolute Gasteiger partial charge is 0.243 e. The zero-order chi connectivity index (χ0) is 30.8. The second-order valence-corrected chi connectivity index (χ2v) is 13.9. The van der Waals surface area contributed by atoms with Crippen molar-refractivity contribution >= 4 is 45.0 Å². The van der Waals surface area contributed by atoms with Gasteiger partial charge >= 0.3 is 0 Å². The molecule has 1 N–H and O–H groups in total. The van der Waals surface area contributed by atoms with Crippen LogP contribution < -0.4 is 5.32 Å². The summed E-state index contributed by atoms with van der Waals surface area (Å²) in [6, 6.07) is 22.2. The van der Waals surface area contributed by atoms with E-state index in [1.165, 1.54) is 11.4 Å². The van der Waals surface area contributed by atoms with Crippen molar-refractivity contribution in [2.24, 2.45) is 0 Å². The monoisotopic (exact) mass is 643 g/mol. The van der Waals surface area contributed by atoms with Crippen LogP contribution in [0.5, 0.6) is 0 Å². The Morgan fingerprint density at radius 3 is 2.23 bits per heavy atom. The molecule has 7 nitrogen and oxygen atoms in total. The standard InChI is InChI=1S/C33H39Cl2N3O4S/c1-37(43(41,42)29-16-9-4-10-17-29)21-11-18-32(39)38(24-26-19-20-27(34)23-30(26)35)31(22-25-12-5-2-6-13-25)33(40)36-28-14-7-3-8-15-28/h2,4-6,9-10,12-13,16-17,19-20,23,28,31H,3,7-8,11,14-15,18,21-22,24H2,1H3,(H,36,40)/t31-/m1/s1. The topological polar surface area (TPSA) is 86.8 Å². The lowest BCUT2D eigenvalue weighted by molar-refractivity contribution is -0.141. The van der Waals surface area contributed by atoms with E-state index in [9.17, 15) is 18.0 Å². The van der Waals surface area contributed by atoms with Crippen LogP contribution in [0.4, 0.5) is 0 Å². The minimum atomic E-state index is -3.69. The number of carbonyl (C=O) groups excluding carboxylic acids is 2. The lowest BCUT2D eigenvalue weighted by Crippen LogP contribution is -2.53. The first kappa shape index (κ1) is 33.0. The molecule has 0 aromatic heterocycles. The van der Waals surface area contributed by atoms with Crippen molar-refractivity contribution in [2.45, 2.75) is 74.9 Å². The van der Waals surface area contributed by atoms with E-state index < -0.39 is 16.1 Å². The molecule has 1 fully saturated rings. The van der Waals surface area contributed by atoms with Crippen molar-refractivity contribution in [2.75, 3.05) is 13.6 Å². The zero-order valence-electron chi connectivity index (χ0n) is 24.4. The number of carbonyl (C=O) groups is 2. The van der Waals surface area contributed by atoms with Gasteiger partial charge in [0.25, 0.3) is 0 Å². The van der Waals surface area contributed by atoms with E-state index in [0.717, 1.165) is 37.7 Å². The van der Waals surface area contributed by atoms with Gasteiger partial charge in [0.1, 0.15) is 6.04 Å². The predicted octanol–water partition coefficient (Wildman–Crippen LogP) is 6.48. The summed E-state index contributed by atoms with van der Waals surface area (Å²) >= 11 is 12.7. The van der Waals surface area contributed by atoms with Crippen LogP contribution in [0.15, 0.2) is 83.8 Å². The van der Waals surface area contributed by atoms with Gasteiger partial charge in [-0.3, -0.25) is 9.59 Å². The van der Waals surface area contributed by atoms with Crippen LogP contribution in [0.2, 0.25) is 10.0 Å². The van der Waals surface area contributed by atoms with Gasteiger partial charge in [-0.15, -0.1) is 0 Å². The molecule has 43 heavy (non-hydrogen) atoms. The number of halogens is 2. The number of nitrogens with one attached hydrogen (secondary N) is 1. The first-order valence-electron chi connectivity index (χ1n) is 14.7. The van der Waals surface area contributed by atoms with Crippen molar-refractivity contribution < 1.29 is 18.0 Å². The van der Waals surface area contributed by atoms with Gasteiger partial charge in [0, 0.05) is 49.1 Å². The van der Waals surface area contributed by atoms with Crippen LogP contribution in [0, 0.1) is 0 Å². The van der Waals surface area contributed by atoms with Gasteiger partial charge < -0.3 is 10.2 Å². The molecule has 1 atom stereocenters. The highest BCUT2D eigenvalue weighted by Gasteiger charge is 2.32. The lowest BCUT2D eigenvalue weighted by Gasteiger charge is -2.34. The van der Waals surface area contributed by atoms with Crippen molar-refractivity contribution in [3.8, 4) is 0 Å². The third-order valence-corrected chi connectivity index (χ3v) is 10.4. The molecule has 0 saturated heterocycles. The number of benzene rings is 3. The molecule has 2 amide bonds. The maximum Gasteiger partial charge on any atom is 0.243 e. The van der Waals surface area contributed by atoms with E-state index in [4.69, 9.17) is 23.2 Å². The molecule has 230 valence electrons. The molecule has 10 heteroatoms. The Labute approximate surface area is 265 Å². The number of hydrogen-bond donors (Lipinski definition) is 1. The molecule has 4 rings (SSSR count). The molecule has 3 aromatic rings. The second kappa shape index (κ2) is 15.7. The van der Waals surface area contributed by atoms with Crippen molar-refractivity contribution in [3.05, 3.63) is 100 Å². The summed E-state index contributed by atoms with van der Waals surface area (Å²) in [5.41, 5.74) is 1.60. The van der Waals surface area contributed by atoms with Gasteiger partial charge in [0.2, 0.25) is 21.8 Å². The van der Waals surface area contributed by atoms with Gasteiger partial charge in [0.05, 0.1) is 4.90 Å². The minimum absolute atomic E-state index is 0.0574. The fourth-order valence-corrected chi connectivity index (χ4v) is 7.12. The van der Waals surface area contributed by atoms with Crippen LogP contribution >= 0.6 is 23.2 Å². The average Bonchev–Trinajstić information content (AvgIpc) is 3.01. The summed E-state index contributed by atoms with van der Waals surface area (Å²) in [6.07, 6.45) is 5.81. The van der Waals surface area contributed by atoms with Gasteiger partial charge in [0.15, 0.2) is 0 Å². The Bertz CT molecular complexity index is 1470. The summed E-state index contributed by atoms with van der Waals surface area (Å²) in [5, 5.41) is 4.11. The number of hydrogen-bond acceptors (Lipinski definition) is 4. The first-order chi connectivity index (χ1) is 20.6. The third-order valence-electron chi connectivity index (χ3n) is 7.89. The molecule has 0 unspecified atom stereocenters. The highest BCUT2D eigenvalue weighted by molar-refractivity contribution is 7.89. The summed E-state index contributed by atoms with van der Waals surface area (Å²) in [5.74, 6) is -0.450. The molecule has 0 heterocycles. The Morgan fingerprint density at radius 2 is 1.58 bits per heavy atom. The van der Waals surface area contributed by atoms with Crippen molar-refractivity contribution in [1.29, 1.82) is 0 Å². The Kier molecular flexibility index (Phi) is 12.1. The molecule has 1 saturated carbocycles.